The number of carbonyl (C=O) groups excluding carboxylic acids is 2. The van der Waals surface area contributed by atoms with Crippen molar-refractivity contribution < 1.29 is 14.3 Å². The molecule has 0 saturated heterocycles. The molecular formula is C27H27N3O3S2. The lowest BCUT2D eigenvalue weighted by Gasteiger charge is -2.18. The number of aromatic nitrogens is 1. The van der Waals surface area contributed by atoms with Crippen molar-refractivity contribution in [3.05, 3.63) is 64.0 Å². The first kappa shape index (κ1) is 25.0. The van der Waals surface area contributed by atoms with Crippen molar-refractivity contribution in [2.24, 2.45) is 5.92 Å². The van der Waals surface area contributed by atoms with E-state index in [0.29, 0.717) is 39.4 Å². The summed E-state index contributed by atoms with van der Waals surface area (Å²) >= 11 is 2.87. The van der Waals surface area contributed by atoms with Crippen LogP contribution in [0.5, 0.6) is 0 Å². The molecule has 0 radical (unpaired) electrons. The second kappa shape index (κ2) is 11.5. The number of benzene rings is 1. The summed E-state index contributed by atoms with van der Waals surface area (Å²) in [6, 6.07) is 15.6. The highest BCUT2D eigenvalue weighted by Gasteiger charge is 2.29. The Morgan fingerprint density at radius 2 is 2.06 bits per heavy atom. The number of pyridine rings is 1. The van der Waals surface area contributed by atoms with Crippen molar-refractivity contribution in [3.8, 4) is 17.3 Å². The van der Waals surface area contributed by atoms with Gasteiger partial charge < -0.3 is 10.1 Å². The van der Waals surface area contributed by atoms with Crippen molar-refractivity contribution in [2.45, 2.75) is 44.6 Å². The van der Waals surface area contributed by atoms with Crippen LogP contribution in [0.3, 0.4) is 0 Å². The maximum Gasteiger partial charge on any atom is 0.341 e. The number of carbonyl (C=O) groups is 2. The number of nitrogens with zero attached hydrogens (tertiary/aromatic N) is 2. The highest BCUT2D eigenvalue weighted by Crippen LogP contribution is 2.40. The summed E-state index contributed by atoms with van der Waals surface area (Å²) in [6.07, 6.45) is 3.00. The van der Waals surface area contributed by atoms with E-state index in [1.54, 1.807) is 13.0 Å². The number of hydrogen-bond donors (Lipinski definition) is 1. The molecule has 1 aliphatic carbocycles. The molecule has 180 valence electrons. The monoisotopic (exact) mass is 505 g/mol. The van der Waals surface area contributed by atoms with E-state index in [4.69, 9.17) is 4.74 Å². The van der Waals surface area contributed by atoms with Crippen LogP contribution in [-0.4, -0.2) is 29.2 Å². The predicted octanol–water partition coefficient (Wildman–Crippen LogP) is 6.10. The number of rotatable bonds is 8. The van der Waals surface area contributed by atoms with E-state index in [0.717, 1.165) is 41.0 Å². The normalized spacial score (nSPS) is 14.6. The van der Waals surface area contributed by atoms with Crippen molar-refractivity contribution in [2.75, 3.05) is 17.7 Å². The van der Waals surface area contributed by atoms with Gasteiger partial charge in [0, 0.05) is 22.6 Å². The molecule has 6 nitrogen and oxygen atoms in total. The first-order valence-corrected chi connectivity index (χ1v) is 13.5. The highest BCUT2D eigenvalue weighted by atomic mass is 32.2. The Kier molecular flexibility index (Phi) is 8.21. The van der Waals surface area contributed by atoms with Crippen LogP contribution in [0.2, 0.25) is 0 Å². The third-order valence-corrected chi connectivity index (χ3v) is 8.03. The molecule has 1 aliphatic rings. The molecule has 0 bridgehead atoms. The minimum atomic E-state index is -0.371. The van der Waals surface area contributed by atoms with E-state index in [1.165, 1.54) is 23.1 Å². The van der Waals surface area contributed by atoms with Gasteiger partial charge in [0.25, 0.3) is 0 Å². The maximum atomic E-state index is 12.8. The van der Waals surface area contributed by atoms with Crippen LogP contribution in [0, 0.1) is 17.2 Å². The summed E-state index contributed by atoms with van der Waals surface area (Å²) in [5.41, 5.74) is 3.79. The van der Waals surface area contributed by atoms with Crippen LogP contribution in [0.25, 0.3) is 11.3 Å². The zero-order valence-corrected chi connectivity index (χ0v) is 21.4. The molecule has 1 N–H and O–H groups in total. The molecule has 4 rings (SSSR count). The van der Waals surface area contributed by atoms with E-state index in [2.05, 4.69) is 23.3 Å². The Bertz CT molecular complexity index is 1260. The summed E-state index contributed by atoms with van der Waals surface area (Å²) < 4.78 is 5.29. The fourth-order valence-corrected chi connectivity index (χ4v) is 6.42. The number of thiophene rings is 1. The lowest BCUT2D eigenvalue weighted by atomic mass is 9.88. The maximum absolute atomic E-state index is 12.8. The molecule has 35 heavy (non-hydrogen) atoms. The summed E-state index contributed by atoms with van der Waals surface area (Å²) in [7, 11) is 0. The standard InChI is InChI=1S/C27H27N3O3S2/c1-3-33-27(32)24-20-11-9-17(2)15-22(20)35-26(24)30-23(31)13-14-34-25-19(16-28)10-12-21(29-25)18-7-5-4-6-8-18/h4-8,10,12,17H,3,9,11,13-15H2,1-2H3,(H,30,31). The molecule has 2 aromatic heterocycles. The first-order valence-electron chi connectivity index (χ1n) is 11.7. The SMILES string of the molecule is CCOC(=O)c1c(NC(=O)CCSc2nc(-c3ccccc3)ccc2C#N)sc2c1CCC(C)C2. The first-order chi connectivity index (χ1) is 17.0. The number of esters is 1. The summed E-state index contributed by atoms with van der Waals surface area (Å²) in [4.78, 5) is 31.3. The molecule has 1 atom stereocenters. The topological polar surface area (TPSA) is 92.1 Å². The predicted molar refractivity (Wildman–Crippen MR) is 140 cm³/mol. The van der Waals surface area contributed by atoms with Gasteiger partial charge in [0.15, 0.2) is 0 Å². The Labute approximate surface area is 213 Å². The molecule has 0 saturated carbocycles. The Hall–Kier alpha value is -3.15. The van der Waals surface area contributed by atoms with Gasteiger partial charge in [0.1, 0.15) is 16.1 Å². The van der Waals surface area contributed by atoms with Crippen molar-refractivity contribution >= 4 is 40.0 Å². The van der Waals surface area contributed by atoms with E-state index in [1.807, 2.05) is 36.4 Å². The lowest BCUT2D eigenvalue weighted by molar-refractivity contribution is -0.115. The zero-order valence-electron chi connectivity index (χ0n) is 19.8. The molecule has 0 spiro atoms. The zero-order chi connectivity index (χ0) is 24.8. The van der Waals surface area contributed by atoms with Gasteiger partial charge in [-0.3, -0.25) is 4.79 Å². The van der Waals surface area contributed by atoms with Gasteiger partial charge >= 0.3 is 5.97 Å². The summed E-state index contributed by atoms with van der Waals surface area (Å²) in [5.74, 6) is 0.477. The van der Waals surface area contributed by atoms with Crippen molar-refractivity contribution in [3.63, 3.8) is 0 Å². The second-order valence-corrected chi connectivity index (χ2v) is 10.6. The van der Waals surface area contributed by atoms with Crippen LogP contribution >= 0.6 is 23.1 Å². The average molecular weight is 506 g/mol. The third kappa shape index (κ3) is 5.92. The number of hydrogen-bond acceptors (Lipinski definition) is 7. The number of nitrogens with one attached hydrogen (secondary N) is 1. The van der Waals surface area contributed by atoms with Crippen LogP contribution < -0.4 is 5.32 Å². The molecule has 0 aliphatic heterocycles. The lowest BCUT2D eigenvalue weighted by Crippen LogP contribution is -2.17. The molecule has 3 aromatic rings. The van der Waals surface area contributed by atoms with E-state index < -0.39 is 0 Å². The smallest absolute Gasteiger partial charge is 0.341 e. The summed E-state index contributed by atoms with van der Waals surface area (Å²) in [6.45, 7) is 4.28. The average Bonchev–Trinajstić information content (AvgIpc) is 3.21. The van der Waals surface area contributed by atoms with E-state index in [-0.39, 0.29) is 18.3 Å². The molecule has 8 heteroatoms. The van der Waals surface area contributed by atoms with Crippen molar-refractivity contribution in [1.82, 2.24) is 4.98 Å². The number of ether oxygens (including phenoxy) is 1. The fraction of sp³-hybridized carbons (Fsp3) is 0.333. The molecule has 1 aromatic carbocycles. The van der Waals surface area contributed by atoms with Gasteiger partial charge in [-0.2, -0.15) is 5.26 Å². The molecule has 1 amide bonds. The number of thioether (sulfide) groups is 1. The van der Waals surface area contributed by atoms with Gasteiger partial charge in [-0.15, -0.1) is 23.1 Å². The number of anilines is 1. The van der Waals surface area contributed by atoms with Crippen LogP contribution in [0.4, 0.5) is 5.00 Å². The van der Waals surface area contributed by atoms with Gasteiger partial charge in [-0.25, -0.2) is 9.78 Å². The van der Waals surface area contributed by atoms with Crippen LogP contribution in [0.15, 0.2) is 47.5 Å². The molecule has 2 heterocycles. The molecule has 0 fully saturated rings. The minimum Gasteiger partial charge on any atom is -0.462 e. The fourth-order valence-electron chi connectivity index (χ4n) is 4.09. The Balaban J connectivity index is 1.44. The third-order valence-electron chi connectivity index (χ3n) is 5.86. The van der Waals surface area contributed by atoms with E-state index in [9.17, 15) is 14.9 Å². The molecular weight excluding hydrogens is 478 g/mol. The number of nitriles is 1. The van der Waals surface area contributed by atoms with Crippen LogP contribution in [-0.2, 0) is 22.4 Å². The Morgan fingerprint density at radius 1 is 1.26 bits per heavy atom. The quantitative estimate of drug-likeness (QED) is 0.294. The summed E-state index contributed by atoms with van der Waals surface area (Å²) in [5, 5.41) is 13.6. The van der Waals surface area contributed by atoms with Crippen LogP contribution in [0.1, 0.15) is 53.1 Å². The Morgan fingerprint density at radius 3 is 2.80 bits per heavy atom. The van der Waals surface area contributed by atoms with Crippen molar-refractivity contribution in [1.29, 1.82) is 5.26 Å². The van der Waals surface area contributed by atoms with Gasteiger partial charge in [-0.1, -0.05) is 37.3 Å². The van der Waals surface area contributed by atoms with Gasteiger partial charge in [-0.05, 0) is 49.8 Å². The number of fused-ring (bicyclic) bond motifs is 1. The van der Waals surface area contributed by atoms with Gasteiger partial charge in [0.05, 0.1) is 23.4 Å². The largest absolute Gasteiger partial charge is 0.462 e. The van der Waals surface area contributed by atoms with Gasteiger partial charge in [0.2, 0.25) is 5.91 Å². The highest BCUT2D eigenvalue weighted by molar-refractivity contribution is 7.99. The minimum absolute atomic E-state index is 0.174. The molecule has 1 unspecified atom stereocenters. The van der Waals surface area contributed by atoms with E-state index >= 15 is 0 Å². The second-order valence-electron chi connectivity index (χ2n) is 8.45. The number of amides is 1.